The molecule has 0 spiro atoms. The van der Waals surface area contributed by atoms with Crippen LogP contribution >= 0.6 is 0 Å². The molecule has 1 aromatic rings. The molecule has 1 aliphatic rings. The number of carboxylic acid groups (broad SMARTS) is 2. The lowest BCUT2D eigenvalue weighted by Crippen LogP contribution is -2.62. The molecule has 19 heteroatoms. The zero-order valence-electron chi connectivity index (χ0n) is 34.0. The second-order valence-electron chi connectivity index (χ2n) is 15.0. The highest BCUT2D eigenvalue weighted by molar-refractivity contribution is 5.97. The van der Waals surface area contributed by atoms with Crippen molar-refractivity contribution in [1.29, 1.82) is 0 Å². The lowest BCUT2D eigenvalue weighted by molar-refractivity contribution is -0.145. The van der Waals surface area contributed by atoms with Gasteiger partial charge >= 0.3 is 11.9 Å². The molecule has 0 aromatic heterocycles. The minimum Gasteiger partial charge on any atom is -0.481 e. The molecule has 58 heavy (non-hydrogen) atoms. The average molecular weight is 820 g/mol. The number of hydrogen-bond acceptors (Lipinski definition) is 11. The summed E-state index contributed by atoms with van der Waals surface area (Å²) in [7, 11) is 0. The number of aliphatic hydroxyl groups is 2. The highest BCUT2D eigenvalue weighted by Gasteiger charge is 2.42. The van der Waals surface area contributed by atoms with Crippen molar-refractivity contribution >= 4 is 47.4 Å². The van der Waals surface area contributed by atoms with E-state index in [-0.39, 0.29) is 19.4 Å². The van der Waals surface area contributed by atoms with Crippen molar-refractivity contribution in [3.05, 3.63) is 35.9 Å². The molecule has 2 rings (SSSR count). The van der Waals surface area contributed by atoms with Crippen LogP contribution in [0.3, 0.4) is 0 Å². The molecule has 324 valence electrons. The van der Waals surface area contributed by atoms with Crippen LogP contribution in [0.4, 0.5) is 0 Å². The molecule has 0 unspecified atom stereocenters. The Balaban J connectivity index is 2.28. The lowest BCUT2D eigenvalue weighted by Gasteiger charge is -2.33. The van der Waals surface area contributed by atoms with Gasteiger partial charge in [-0.05, 0) is 56.9 Å². The van der Waals surface area contributed by atoms with Crippen molar-refractivity contribution < 1.29 is 58.8 Å². The van der Waals surface area contributed by atoms with E-state index in [1.807, 2.05) is 0 Å². The van der Waals surface area contributed by atoms with Crippen LogP contribution in [-0.2, 0) is 44.8 Å². The van der Waals surface area contributed by atoms with Crippen LogP contribution < -0.4 is 32.3 Å². The summed E-state index contributed by atoms with van der Waals surface area (Å²) < 4.78 is 0. The number of benzene rings is 1. The normalized spacial score (nSPS) is 19.1. The smallest absolute Gasteiger partial charge is 0.326 e. The Kier molecular flexibility index (Phi) is 19.7. The highest BCUT2D eigenvalue weighted by Crippen LogP contribution is 2.22. The van der Waals surface area contributed by atoms with Crippen molar-refractivity contribution in [3.63, 3.8) is 0 Å². The first-order valence-electron chi connectivity index (χ1n) is 19.7. The molecule has 1 heterocycles. The van der Waals surface area contributed by atoms with E-state index in [9.17, 15) is 58.8 Å². The summed E-state index contributed by atoms with van der Waals surface area (Å²) in [6, 6.07) is -0.668. The fourth-order valence-electron chi connectivity index (χ4n) is 6.42. The molecule has 0 bridgehead atoms. The second-order valence-corrected chi connectivity index (χ2v) is 15.0. The first kappa shape index (κ1) is 49.0. The van der Waals surface area contributed by atoms with E-state index in [2.05, 4.69) is 26.6 Å². The van der Waals surface area contributed by atoms with Crippen molar-refractivity contribution in [2.24, 2.45) is 17.6 Å². The van der Waals surface area contributed by atoms with Crippen LogP contribution in [0, 0.1) is 11.8 Å². The molecule has 11 N–H and O–H groups in total. The third-order valence-corrected chi connectivity index (χ3v) is 10.4. The van der Waals surface area contributed by atoms with Gasteiger partial charge in [-0.1, -0.05) is 70.9 Å². The molecule has 6 amide bonds. The quantitative estimate of drug-likeness (QED) is 0.0620. The predicted molar refractivity (Wildman–Crippen MR) is 209 cm³/mol. The first-order valence-corrected chi connectivity index (χ1v) is 19.7. The number of amides is 6. The zero-order valence-corrected chi connectivity index (χ0v) is 34.0. The number of nitrogens with zero attached hydrogens (tertiary/aromatic N) is 1. The van der Waals surface area contributed by atoms with Gasteiger partial charge < -0.3 is 57.6 Å². The Morgan fingerprint density at radius 1 is 0.724 bits per heavy atom. The molecular weight excluding hydrogens is 758 g/mol. The summed E-state index contributed by atoms with van der Waals surface area (Å²) in [4.78, 5) is 106. The maximum absolute atomic E-state index is 14.2. The van der Waals surface area contributed by atoms with Crippen molar-refractivity contribution in [3.8, 4) is 0 Å². The summed E-state index contributed by atoms with van der Waals surface area (Å²) in [6.07, 6.45) is -2.49. The summed E-state index contributed by atoms with van der Waals surface area (Å²) in [6.45, 7) is 9.35. The summed E-state index contributed by atoms with van der Waals surface area (Å²) in [5.41, 5.74) is 6.81. The van der Waals surface area contributed by atoms with Crippen LogP contribution in [0.1, 0.15) is 85.6 Å². The van der Waals surface area contributed by atoms with Crippen LogP contribution in [0.15, 0.2) is 30.3 Å². The number of carboxylic acids is 2. The molecule has 0 aliphatic carbocycles. The molecule has 1 aromatic carbocycles. The van der Waals surface area contributed by atoms with Crippen LogP contribution in [-0.4, -0.2) is 134 Å². The van der Waals surface area contributed by atoms with Gasteiger partial charge in [-0.25, -0.2) is 4.79 Å². The Labute approximate surface area is 338 Å². The topological polar surface area (TPSA) is 307 Å². The number of carbonyl (C=O) groups excluding carboxylic acids is 6. The van der Waals surface area contributed by atoms with Gasteiger partial charge in [0.25, 0.3) is 0 Å². The average Bonchev–Trinajstić information content (AvgIpc) is 3.67. The number of aliphatic carboxylic acids is 2. The number of nitrogens with one attached hydrogen (secondary N) is 5. The van der Waals surface area contributed by atoms with Crippen molar-refractivity contribution in [2.45, 2.75) is 141 Å². The largest absolute Gasteiger partial charge is 0.481 e. The number of carbonyl (C=O) groups is 8. The lowest BCUT2D eigenvalue weighted by atomic mass is 9.96. The first-order chi connectivity index (χ1) is 27.2. The van der Waals surface area contributed by atoms with Gasteiger partial charge in [0.05, 0.1) is 18.2 Å². The van der Waals surface area contributed by atoms with E-state index < -0.39 is 127 Å². The third kappa shape index (κ3) is 14.4. The Hall–Kier alpha value is -5.14. The van der Waals surface area contributed by atoms with E-state index in [1.165, 1.54) is 18.7 Å². The van der Waals surface area contributed by atoms with E-state index in [4.69, 9.17) is 5.73 Å². The molecule has 1 fully saturated rings. The standard InChI is InChI=1S/C39H61N7O12/c1-7-20(3)29(38(56)46-18-12-15-27(46)35(53)45-32(23(6)48)37(55)43-30(39(57)58)21(4)8-2)42-34(52)26(16-17-28(49)50)41-36(54)31(22(5)47)44-33(51)25(40)19-24-13-10-9-11-14-24/h9-11,13-14,20-23,25-27,29-32,47-48H,7-8,12,15-19,40H2,1-6H3,(H,41,54)(H,42,52)(H,43,55)(H,44,51)(H,45,53)(H,49,50)(H,57,58)/t20-,21-,22+,23+,25-,26-,27-,29-,30-,31-,32-/m0/s1. The molecule has 0 saturated carbocycles. The molecule has 19 nitrogen and oxygen atoms in total. The summed E-state index contributed by atoms with van der Waals surface area (Å²) >= 11 is 0. The van der Waals surface area contributed by atoms with Gasteiger partial charge in [0.2, 0.25) is 35.4 Å². The summed E-state index contributed by atoms with van der Waals surface area (Å²) in [5, 5.41) is 52.1. The monoisotopic (exact) mass is 819 g/mol. The molecule has 0 radical (unpaired) electrons. The van der Waals surface area contributed by atoms with E-state index in [1.54, 1.807) is 58.0 Å². The minimum absolute atomic E-state index is 0.0850. The molecule has 1 aliphatic heterocycles. The van der Waals surface area contributed by atoms with Crippen LogP contribution in [0.2, 0.25) is 0 Å². The fraction of sp³-hybridized carbons (Fsp3) is 0.641. The van der Waals surface area contributed by atoms with E-state index >= 15 is 0 Å². The van der Waals surface area contributed by atoms with Gasteiger partial charge in [-0.15, -0.1) is 0 Å². The zero-order chi connectivity index (χ0) is 43.9. The Bertz CT molecular complexity index is 1590. The van der Waals surface area contributed by atoms with Gasteiger partial charge in [0.15, 0.2) is 0 Å². The maximum Gasteiger partial charge on any atom is 0.326 e. The molecule has 1 saturated heterocycles. The Morgan fingerprint density at radius 2 is 1.24 bits per heavy atom. The van der Waals surface area contributed by atoms with E-state index in [0.717, 1.165) is 5.56 Å². The molecule has 11 atom stereocenters. The van der Waals surface area contributed by atoms with Gasteiger partial charge in [-0.2, -0.15) is 0 Å². The summed E-state index contributed by atoms with van der Waals surface area (Å²) in [5.74, 6) is -8.71. The SMILES string of the molecule is CC[C@H](C)[C@H](NC(=O)[C@@H](NC(=O)[C@@H]1CCCN1C(=O)[C@@H](NC(=O)[C@H](CCC(=O)O)NC(=O)[C@@H](NC(=O)[C@@H](N)Cc1ccccc1)[C@@H](C)O)[C@@H](C)CC)[C@@H](C)O)C(=O)O. The highest BCUT2D eigenvalue weighted by atomic mass is 16.4. The number of aliphatic hydroxyl groups excluding tert-OH is 2. The van der Waals surface area contributed by atoms with Crippen molar-refractivity contribution in [1.82, 2.24) is 31.5 Å². The van der Waals surface area contributed by atoms with Gasteiger partial charge in [-0.3, -0.25) is 33.6 Å². The second kappa shape index (κ2) is 23.3. The number of nitrogens with two attached hydrogens (primary N) is 1. The van der Waals surface area contributed by atoms with Crippen molar-refractivity contribution in [2.75, 3.05) is 6.54 Å². The molecular formula is C39H61N7O12. The van der Waals surface area contributed by atoms with Gasteiger partial charge in [0, 0.05) is 13.0 Å². The fourth-order valence-corrected chi connectivity index (χ4v) is 6.42. The van der Waals surface area contributed by atoms with E-state index in [0.29, 0.717) is 19.3 Å². The number of hydrogen-bond donors (Lipinski definition) is 10. The number of likely N-dealkylation sites (tertiary alicyclic amines) is 1. The predicted octanol–water partition coefficient (Wildman–Crippen LogP) is -1.23. The van der Waals surface area contributed by atoms with Gasteiger partial charge in [0.1, 0.15) is 36.3 Å². The maximum atomic E-state index is 14.2. The number of rotatable bonds is 23. The van der Waals surface area contributed by atoms with Crippen LogP contribution in [0.5, 0.6) is 0 Å². The minimum atomic E-state index is -1.59. The Morgan fingerprint density at radius 3 is 1.78 bits per heavy atom. The third-order valence-electron chi connectivity index (χ3n) is 10.4. The van der Waals surface area contributed by atoms with Crippen LogP contribution in [0.25, 0.3) is 0 Å².